The number of para-hydroxylation sites is 1. The van der Waals surface area contributed by atoms with Gasteiger partial charge in [-0.25, -0.2) is 0 Å². The third-order valence-electron chi connectivity index (χ3n) is 3.93. The van der Waals surface area contributed by atoms with Gasteiger partial charge in [-0.2, -0.15) is 0 Å². The summed E-state index contributed by atoms with van der Waals surface area (Å²) in [6, 6.07) is 15.2. The zero-order valence-electron chi connectivity index (χ0n) is 13.4. The van der Waals surface area contributed by atoms with Crippen LogP contribution >= 0.6 is 0 Å². The molecule has 21 heavy (non-hydrogen) atoms. The van der Waals surface area contributed by atoms with E-state index in [0.29, 0.717) is 6.04 Å². The first kappa shape index (κ1) is 15.6. The molecule has 0 saturated heterocycles. The van der Waals surface area contributed by atoms with Crippen molar-refractivity contribution in [3.05, 3.63) is 64.7 Å². The standard InChI is InChI=1S/C19H25NO/c1-14-9-10-18(15(2)13-14)16(3)20-12-11-17-7-5-6-8-19(17)21-4/h5-10,13,16,20H,11-12H2,1-4H3. The maximum atomic E-state index is 5.39. The van der Waals surface area contributed by atoms with Crippen LogP contribution in [0.15, 0.2) is 42.5 Å². The van der Waals surface area contributed by atoms with Crippen molar-refractivity contribution >= 4 is 0 Å². The number of aryl methyl sites for hydroxylation is 2. The van der Waals surface area contributed by atoms with Crippen LogP contribution in [-0.4, -0.2) is 13.7 Å². The van der Waals surface area contributed by atoms with E-state index in [1.807, 2.05) is 12.1 Å². The minimum absolute atomic E-state index is 0.361. The van der Waals surface area contributed by atoms with Gasteiger partial charge in [0.25, 0.3) is 0 Å². The summed E-state index contributed by atoms with van der Waals surface area (Å²) in [7, 11) is 1.73. The van der Waals surface area contributed by atoms with Crippen LogP contribution in [0, 0.1) is 13.8 Å². The molecule has 2 aromatic rings. The highest BCUT2D eigenvalue weighted by Gasteiger charge is 2.08. The molecular formula is C19H25NO. The van der Waals surface area contributed by atoms with E-state index >= 15 is 0 Å². The fourth-order valence-electron chi connectivity index (χ4n) is 2.75. The first-order valence-corrected chi connectivity index (χ1v) is 7.54. The van der Waals surface area contributed by atoms with E-state index in [4.69, 9.17) is 4.74 Å². The molecule has 1 unspecified atom stereocenters. The number of hydrogen-bond acceptors (Lipinski definition) is 2. The van der Waals surface area contributed by atoms with Gasteiger partial charge in [0, 0.05) is 6.04 Å². The lowest BCUT2D eigenvalue weighted by molar-refractivity contribution is 0.408. The lowest BCUT2D eigenvalue weighted by Gasteiger charge is -2.17. The summed E-state index contributed by atoms with van der Waals surface area (Å²) >= 11 is 0. The molecule has 0 aliphatic rings. The zero-order chi connectivity index (χ0) is 15.2. The van der Waals surface area contributed by atoms with Gasteiger partial charge in [0.2, 0.25) is 0 Å². The molecule has 0 fully saturated rings. The Bertz CT molecular complexity index is 592. The highest BCUT2D eigenvalue weighted by atomic mass is 16.5. The molecule has 0 spiro atoms. The number of benzene rings is 2. The molecule has 2 rings (SSSR count). The number of methoxy groups -OCH3 is 1. The molecule has 0 bridgehead atoms. The first-order chi connectivity index (χ1) is 10.1. The van der Waals surface area contributed by atoms with Gasteiger partial charge in [0.05, 0.1) is 7.11 Å². The third kappa shape index (κ3) is 4.08. The maximum Gasteiger partial charge on any atom is 0.122 e. The fourth-order valence-corrected chi connectivity index (χ4v) is 2.75. The van der Waals surface area contributed by atoms with Crippen molar-refractivity contribution in [2.24, 2.45) is 0 Å². The second-order valence-electron chi connectivity index (χ2n) is 5.60. The van der Waals surface area contributed by atoms with Crippen LogP contribution in [0.5, 0.6) is 5.75 Å². The highest BCUT2D eigenvalue weighted by Crippen LogP contribution is 2.20. The van der Waals surface area contributed by atoms with Gasteiger partial charge in [-0.05, 0) is 56.5 Å². The topological polar surface area (TPSA) is 21.3 Å². The molecule has 2 heteroatoms. The normalized spacial score (nSPS) is 12.2. The lowest BCUT2D eigenvalue weighted by atomic mass is 10.00. The smallest absolute Gasteiger partial charge is 0.122 e. The zero-order valence-corrected chi connectivity index (χ0v) is 13.4. The SMILES string of the molecule is COc1ccccc1CCNC(C)c1ccc(C)cc1C. The molecular weight excluding hydrogens is 258 g/mol. The van der Waals surface area contributed by atoms with Gasteiger partial charge < -0.3 is 10.1 Å². The van der Waals surface area contributed by atoms with Crippen LogP contribution in [-0.2, 0) is 6.42 Å². The second kappa shape index (κ2) is 7.28. The molecule has 0 amide bonds. The molecule has 0 radical (unpaired) electrons. The van der Waals surface area contributed by atoms with Crippen LogP contribution in [0.1, 0.15) is 35.2 Å². The predicted molar refractivity (Wildman–Crippen MR) is 89.0 cm³/mol. The minimum Gasteiger partial charge on any atom is -0.496 e. The van der Waals surface area contributed by atoms with Crippen LogP contribution in [0.4, 0.5) is 0 Å². The van der Waals surface area contributed by atoms with Crippen molar-refractivity contribution in [1.82, 2.24) is 5.32 Å². The van der Waals surface area contributed by atoms with Crippen molar-refractivity contribution in [2.75, 3.05) is 13.7 Å². The largest absolute Gasteiger partial charge is 0.496 e. The van der Waals surface area contributed by atoms with Gasteiger partial charge in [-0.15, -0.1) is 0 Å². The van der Waals surface area contributed by atoms with Crippen molar-refractivity contribution in [2.45, 2.75) is 33.2 Å². The van der Waals surface area contributed by atoms with Gasteiger partial charge >= 0.3 is 0 Å². The summed E-state index contributed by atoms with van der Waals surface area (Å²) in [5.41, 5.74) is 5.30. The van der Waals surface area contributed by atoms with Crippen LogP contribution in [0.3, 0.4) is 0 Å². The molecule has 112 valence electrons. The van der Waals surface area contributed by atoms with Gasteiger partial charge in [-0.3, -0.25) is 0 Å². The van der Waals surface area contributed by atoms with Gasteiger partial charge in [0.1, 0.15) is 5.75 Å². The molecule has 0 aliphatic heterocycles. The molecule has 1 N–H and O–H groups in total. The minimum atomic E-state index is 0.361. The van der Waals surface area contributed by atoms with E-state index in [0.717, 1.165) is 18.7 Å². The summed E-state index contributed by atoms with van der Waals surface area (Å²) in [5, 5.41) is 3.60. The van der Waals surface area contributed by atoms with Crippen LogP contribution in [0.25, 0.3) is 0 Å². The third-order valence-corrected chi connectivity index (χ3v) is 3.93. The Balaban J connectivity index is 1.93. The van der Waals surface area contributed by atoms with Crippen LogP contribution < -0.4 is 10.1 Å². The summed E-state index contributed by atoms with van der Waals surface area (Å²) in [5.74, 6) is 0.971. The van der Waals surface area contributed by atoms with Crippen molar-refractivity contribution in [3.8, 4) is 5.75 Å². The summed E-state index contributed by atoms with van der Waals surface area (Å²) in [6.07, 6.45) is 0.971. The molecule has 0 aromatic heterocycles. The van der Waals surface area contributed by atoms with E-state index in [1.54, 1.807) is 7.11 Å². The quantitative estimate of drug-likeness (QED) is 0.857. The van der Waals surface area contributed by atoms with E-state index in [2.05, 4.69) is 56.4 Å². The predicted octanol–water partition coefficient (Wildman–Crippen LogP) is 4.21. The van der Waals surface area contributed by atoms with E-state index < -0.39 is 0 Å². The fraction of sp³-hybridized carbons (Fsp3) is 0.368. The highest BCUT2D eigenvalue weighted by molar-refractivity contribution is 5.34. The summed E-state index contributed by atoms with van der Waals surface area (Å²) in [4.78, 5) is 0. The molecule has 1 atom stereocenters. The average Bonchev–Trinajstić information content (AvgIpc) is 2.47. The number of nitrogens with one attached hydrogen (secondary N) is 1. The number of hydrogen-bond donors (Lipinski definition) is 1. The molecule has 2 aromatic carbocycles. The molecule has 0 aliphatic carbocycles. The number of ether oxygens (including phenoxy) is 1. The van der Waals surface area contributed by atoms with Gasteiger partial charge in [0.15, 0.2) is 0 Å². The summed E-state index contributed by atoms with van der Waals surface area (Å²) < 4.78 is 5.39. The van der Waals surface area contributed by atoms with E-state index in [1.165, 1.54) is 22.3 Å². The molecule has 0 saturated carbocycles. The average molecular weight is 283 g/mol. The molecule has 0 heterocycles. The second-order valence-corrected chi connectivity index (χ2v) is 5.60. The van der Waals surface area contributed by atoms with E-state index in [9.17, 15) is 0 Å². The Morgan fingerprint density at radius 1 is 1.10 bits per heavy atom. The Kier molecular flexibility index (Phi) is 5.40. The Labute approximate surface area is 128 Å². The van der Waals surface area contributed by atoms with Crippen LogP contribution in [0.2, 0.25) is 0 Å². The van der Waals surface area contributed by atoms with Crippen molar-refractivity contribution in [1.29, 1.82) is 0 Å². The number of rotatable bonds is 6. The first-order valence-electron chi connectivity index (χ1n) is 7.54. The van der Waals surface area contributed by atoms with Crippen molar-refractivity contribution in [3.63, 3.8) is 0 Å². The maximum absolute atomic E-state index is 5.39. The van der Waals surface area contributed by atoms with Gasteiger partial charge in [-0.1, -0.05) is 42.0 Å². The van der Waals surface area contributed by atoms with Crippen molar-refractivity contribution < 1.29 is 4.74 Å². The Morgan fingerprint density at radius 2 is 1.86 bits per heavy atom. The van der Waals surface area contributed by atoms with E-state index in [-0.39, 0.29) is 0 Å². The summed E-state index contributed by atoms with van der Waals surface area (Å²) in [6.45, 7) is 7.48. The Morgan fingerprint density at radius 3 is 2.57 bits per heavy atom. The molecule has 2 nitrogen and oxygen atoms in total. The lowest BCUT2D eigenvalue weighted by Crippen LogP contribution is -2.22. The monoisotopic (exact) mass is 283 g/mol. The Hall–Kier alpha value is -1.80.